The highest BCUT2D eigenvalue weighted by atomic mass is 19.3. The highest BCUT2D eigenvalue weighted by Crippen LogP contribution is 2.33. The smallest absolute Gasteiger partial charge is 0.252 e. The van der Waals surface area contributed by atoms with Crippen molar-refractivity contribution in [3.05, 3.63) is 17.0 Å². The molecule has 5 heteroatoms. The van der Waals surface area contributed by atoms with Gasteiger partial charge in [0.2, 0.25) is 0 Å². The number of aromatic nitrogens is 2. The number of nitrogens with zero attached hydrogens (tertiary/aromatic N) is 2. The zero-order valence-electron chi connectivity index (χ0n) is 7.76. The first-order valence-electron chi connectivity index (χ1n) is 4.41. The van der Waals surface area contributed by atoms with Gasteiger partial charge in [0.1, 0.15) is 5.69 Å². The number of halogens is 2. The molecule has 1 aromatic rings. The molecule has 0 amide bonds. The monoisotopic (exact) mass is 200 g/mol. The SMILES string of the molecule is Cn1nc(C=O)c2c1CCC(F)(F)C2. The van der Waals surface area contributed by atoms with Crippen LogP contribution in [0, 0.1) is 0 Å². The van der Waals surface area contributed by atoms with E-state index in [0.717, 1.165) is 5.69 Å². The van der Waals surface area contributed by atoms with Gasteiger partial charge in [0.15, 0.2) is 6.29 Å². The maximum atomic E-state index is 13.1. The third-order valence-corrected chi connectivity index (χ3v) is 2.58. The number of hydrogen-bond acceptors (Lipinski definition) is 2. The van der Waals surface area contributed by atoms with Crippen molar-refractivity contribution in [1.82, 2.24) is 9.78 Å². The Hall–Kier alpha value is -1.26. The average Bonchev–Trinajstić information content (AvgIpc) is 2.40. The van der Waals surface area contributed by atoms with Crippen molar-refractivity contribution >= 4 is 6.29 Å². The molecule has 0 bridgehead atoms. The molecule has 1 aromatic heterocycles. The summed E-state index contributed by atoms with van der Waals surface area (Å²) in [4.78, 5) is 10.6. The molecule has 0 radical (unpaired) electrons. The van der Waals surface area contributed by atoms with E-state index in [9.17, 15) is 13.6 Å². The van der Waals surface area contributed by atoms with E-state index < -0.39 is 5.92 Å². The summed E-state index contributed by atoms with van der Waals surface area (Å²) in [6.07, 6.45) is 0.321. The van der Waals surface area contributed by atoms with Gasteiger partial charge >= 0.3 is 0 Å². The van der Waals surface area contributed by atoms with E-state index in [1.807, 2.05) is 0 Å². The highest BCUT2D eigenvalue weighted by Gasteiger charge is 2.37. The minimum Gasteiger partial charge on any atom is -0.296 e. The third-order valence-electron chi connectivity index (χ3n) is 2.58. The van der Waals surface area contributed by atoms with Crippen LogP contribution in [-0.4, -0.2) is 22.0 Å². The van der Waals surface area contributed by atoms with Crippen LogP contribution in [0.1, 0.15) is 28.2 Å². The number of aldehydes is 1. The van der Waals surface area contributed by atoms with Crippen LogP contribution in [0.3, 0.4) is 0 Å². The predicted octanol–water partition coefficient (Wildman–Crippen LogP) is 1.36. The summed E-state index contributed by atoms with van der Waals surface area (Å²) in [6, 6.07) is 0. The van der Waals surface area contributed by atoms with Crippen LogP contribution in [0.4, 0.5) is 8.78 Å². The number of alkyl halides is 2. The Bertz CT molecular complexity index is 384. The first kappa shape index (κ1) is 9.30. The van der Waals surface area contributed by atoms with E-state index >= 15 is 0 Å². The van der Waals surface area contributed by atoms with E-state index in [1.54, 1.807) is 7.05 Å². The zero-order chi connectivity index (χ0) is 10.3. The van der Waals surface area contributed by atoms with Gasteiger partial charge in [-0.3, -0.25) is 9.48 Å². The number of hydrogen-bond donors (Lipinski definition) is 0. The molecule has 0 saturated heterocycles. The summed E-state index contributed by atoms with van der Waals surface area (Å²) in [6.45, 7) is 0. The van der Waals surface area contributed by atoms with Gasteiger partial charge in [0.25, 0.3) is 5.92 Å². The summed E-state index contributed by atoms with van der Waals surface area (Å²) in [5.41, 5.74) is 1.33. The van der Waals surface area contributed by atoms with Crippen molar-refractivity contribution in [1.29, 1.82) is 0 Å². The molecule has 1 aliphatic rings. The number of carbonyl (C=O) groups excluding carboxylic acids is 1. The zero-order valence-corrected chi connectivity index (χ0v) is 7.76. The largest absolute Gasteiger partial charge is 0.296 e. The molecule has 76 valence electrons. The van der Waals surface area contributed by atoms with Crippen molar-refractivity contribution in [2.24, 2.45) is 7.05 Å². The quantitative estimate of drug-likeness (QED) is 0.641. The summed E-state index contributed by atoms with van der Waals surface area (Å²) in [5, 5.41) is 3.89. The van der Waals surface area contributed by atoms with Crippen LogP contribution in [0.25, 0.3) is 0 Å². The van der Waals surface area contributed by atoms with Crippen LogP contribution >= 0.6 is 0 Å². The molecule has 0 fully saturated rings. The Morgan fingerprint density at radius 3 is 2.93 bits per heavy atom. The van der Waals surface area contributed by atoms with Gasteiger partial charge < -0.3 is 0 Å². The van der Waals surface area contributed by atoms with Crippen LogP contribution in [-0.2, 0) is 19.9 Å². The van der Waals surface area contributed by atoms with E-state index in [-0.39, 0.29) is 18.5 Å². The fraction of sp³-hybridized carbons (Fsp3) is 0.556. The van der Waals surface area contributed by atoms with E-state index in [2.05, 4.69) is 5.10 Å². The Balaban J connectivity index is 2.49. The Kier molecular flexibility index (Phi) is 1.90. The average molecular weight is 200 g/mol. The van der Waals surface area contributed by atoms with E-state index in [4.69, 9.17) is 0 Å². The lowest BCUT2D eigenvalue weighted by Crippen LogP contribution is -2.26. The lowest BCUT2D eigenvalue weighted by atomic mass is 9.93. The van der Waals surface area contributed by atoms with Gasteiger partial charge in [-0.2, -0.15) is 5.10 Å². The fourth-order valence-electron chi connectivity index (χ4n) is 1.87. The van der Waals surface area contributed by atoms with Gasteiger partial charge in [-0.15, -0.1) is 0 Å². The van der Waals surface area contributed by atoms with Crippen molar-refractivity contribution in [2.75, 3.05) is 0 Å². The summed E-state index contributed by atoms with van der Waals surface area (Å²) < 4.78 is 27.6. The van der Waals surface area contributed by atoms with Crippen LogP contribution in [0.2, 0.25) is 0 Å². The first-order chi connectivity index (χ1) is 6.53. The standard InChI is InChI=1S/C9H10F2N2O/c1-13-8-2-3-9(10,11)4-6(8)7(5-14)12-13/h5H,2-4H2,1H3. The van der Waals surface area contributed by atoms with Gasteiger partial charge in [0.05, 0.1) is 0 Å². The molecule has 1 heterocycles. The molecule has 0 atom stereocenters. The van der Waals surface area contributed by atoms with Crippen molar-refractivity contribution in [3.8, 4) is 0 Å². The number of carbonyl (C=O) groups is 1. The lowest BCUT2D eigenvalue weighted by Gasteiger charge is -2.21. The fourth-order valence-corrected chi connectivity index (χ4v) is 1.87. The first-order valence-corrected chi connectivity index (χ1v) is 4.41. The van der Waals surface area contributed by atoms with Crippen molar-refractivity contribution in [2.45, 2.75) is 25.2 Å². The molecular weight excluding hydrogens is 190 g/mol. The normalized spacial score (nSPS) is 19.1. The lowest BCUT2D eigenvalue weighted by molar-refractivity contribution is -0.0128. The molecule has 0 spiro atoms. The molecule has 14 heavy (non-hydrogen) atoms. The van der Waals surface area contributed by atoms with Crippen LogP contribution < -0.4 is 0 Å². The van der Waals surface area contributed by atoms with Gasteiger partial charge in [0, 0.05) is 31.1 Å². The second kappa shape index (κ2) is 2.87. The molecular formula is C9H10F2N2O. The molecule has 0 N–H and O–H groups in total. The van der Waals surface area contributed by atoms with E-state index in [0.29, 0.717) is 18.3 Å². The summed E-state index contributed by atoms with van der Waals surface area (Å²) >= 11 is 0. The predicted molar refractivity (Wildman–Crippen MR) is 45.6 cm³/mol. The van der Waals surface area contributed by atoms with Gasteiger partial charge in [-0.05, 0) is 6.42 Å². The molecule has 3 nitrogen and oxygen atoms in total. The maximum absolute atomic E-state index is 13.1. The number of fused-ring (bicyclic) bond motifs is 1. The second-order valence-electron chi connectivity index (χ2n) is 3.58. The number of aryl methyl sites for hydroxylation is 1. The minimum absolute atomic E-state index is 0.155. The topological polar surface area (TPSA) is 34.9 Å². The van der Waals surface area contributed by atoms with Crippen LogP contribution in [0.5, 0.6) is 0 Å². The highest BCUT2D eigenvalue weighted by molar-refractivity contribution is 5.75. The molecule has 1 aliphatic carbocycles. The third kappa shape index (κ3) is 1.32. The Labute approximate surface area is 79.7 Å². The summed E-state index contributed by atoms with van der Waals surface area (Å²) in [5.74, 6) is -2.69. The van der Waals surface area contributed by atoms with E-state index in [1.165, 1.54) is 4.68 Å². The van der Waals surface area contributed by atoms with Crippen molar-refractivity contribution in [3.63, 3.8) is 0 Å². The second-order valence-corrected chi connectivity index (χ2v) is 3.58. The Morgan fingerprint density at radius 1 is 1.57 bits per heavy atom. The van der Waals surface area contributed by atoms with Gasteiger partial charge in [-0.25, -0.2) is 8.78 Å². The van der Waals surface area contributed by atoms with Gasteiger partial charge in [-0.1, -0.05) is 0 Å². The Morgan fingerprint density at radius 2 is 2.29 bits per heavy atom. The van der Waals surface area contributed by atoms with Crippen LogP contribution in [0.15, 0.2) is 0 Å². The van der Waals surface area contributed by atoms with Crippen molar-refractivity contribution < 1.29 is 13.6 Å². The number of rotatable bonds is 1. The minimum atomic E-state index is -2.69. The molecule has 2 rings (SSSR count). The molecule has 0 saturated carbocycles. The summed E-state index contributed by atoms with van der Waals surface area (Å²) in [7, 11) is 1.68. The molecule has 0 unspecified atom stereocenters. The maximum Gasteiger partial charge on any atom is 0.252 e. The molecule has 0 aromatic carbocycles. The molecule has 0 aliphatic heterocycles.